The summed E-state index contributed by atoms with van der Waals surface area (Å²) >= 11 is 17.6. The molecular formula is C54H35BCl3N8O2. The molecule has 0 spiro atoms. The van der Waals surface area contributed by atoms with Crippen molar-refractivity contribution in [1.82, 2.24) is 39.0 Å². The maximum absolute atomic E-state index is 8.84. The Labute approximate surface area is 406 Å². The number of hydrogen-bond donors (Lipinski definition) is 1. The van der Waals surface area contributed by atoms with Gasteiger partial charge in [0.2, 0.25) is 15.9 Å². The minimum absolute atomic E-state index is 0.101. The summed E-state index contributed by atoms with van der Waals surface area (Å²) in [6.07, 6.45) is 0. The molecule has 0 aliphatic carbocycles. The van der Waals surface area contributed by atoms with E-state index in [1.807, 2.05) is 121 Å². The van der Waals surface area contributed by atoms with Crippen molar-refractivity contribution in [3.05, 3.63) is 222 Å². The quantitative estimate of drug-likeness (QED) is 0.157. The van der Waals surface area contributed by atoms with Crippen molar-refractivity contribution in [3.8, 4) is 51.3 Å². The zero-order chi connectivity index (χ0) is 46.4. The Morgan fingerprint density at radius 3 is 1.24 bits per heavy atom. The zero-order valence-corrected chi connectivity index (χ0v) is 38.0. The highest BCUT2D eigenvalue weighted by atomic mass is 35.5. The summed E-state index contributed by atoms with van der Waals surface area (Å²) in [7, 11) is 0.706. The molecule has 12 aromatic rings. The first-order valence-corrected chi connectivity index (χ1v) is 22.4. The first-order chi connectivity index (χ1) is 33.4. The summed E-state index contributed by atoms with van der Waals surface area (Å²) in [4.78, 5) is 25.0. The summed E-state index contributed by atoms with van der Waals surface area (Å²) in [6.45, 7) is 0. The molecule has 1 N–H and O–H groups in total. The van der Waals surface area contributed by atoms with Crippen LogP contribution in [0.25, 0.3) is 89.2 Å². The van der Waals surface area contributed by atoms with Crippen LogP contribution in [0.1, 0.15) is 0 Å². The van der Waals surface area contributed by atoms with Crippen molar-refractivity contribution in [2.75, 3.05) is 0 Å². The van der Waals surface area contributed by atoms with Crippen molar-refractivity contribution >= 4 is 86.1 Å². The van der Waals surface area contributed by atoms with Crippen LogP contribution in [0.4, 0.5) is 0 Å². The van der Waals surface area contributed by atoms with Crippen molar-refractivity contribution in [2.45, 2.75) is 0 Å². The average molecular weight is 945 g/mol. The van der Waals surface area contributed by atoms with Crippen molar-refractivity contribution in [3.63, 3.8) is 0 Å². The van der Waals surface area contributed by atoms with Gasteiger partial charge in [-0.2, -0.15) is 24.9 Å². The van der Waals surface area contributed by atoms with Gasteiger partial charge in [-0.15, -0.1) is 0 Å². The van der Waals surface area contributed by atoms with Gasteiger partial charge < -0.3 is 18.8 Å². The standard InChI is InChI=1S/C27H17ClN4.C18H13BNO2.C9H5Cl2N3/c28-27-30-25(18-9-3-1-4-10-18)29-26(31-27)19-15-16-24-22(17-19)21-13-7-8-14-23(21)32(24)20-11-5-2-6-12-20;21-19-22-14-10-11-18-16(12-14)15-8-4-5-9-17(15)20(18)13-6-2-1-3-7-13;10-8-12-7(13-9(11)14-8)6-4-2-1-3-5-6/h1-17H;1-12,21H;1-5H. The number of fused-ring (bicyclic) bond motifs is 6. The number of aromatic nitrogens is 8. The molecule has 0 saturated heterocycles. The Morgan fingerprint density at radius 1 is 0.353 bits per heavy atom. The van der Waals surface area contributed by atoms with E-state index < -0.39 is 0 Å². The number of hydrogen-bond acceptors (Lipinski definition) is 8. The number of para-hydroxylation sites is 4. The fraction of sp³-hybridized carbons (Fsp3) is 0. The Kier molecular flexibility index (Phi) is 12.9. The highest BCUT2D eigenvalue weighted by molar-refractivity contribution is 6.31. The topological polar surface area (TPSA) is 117 Å². The van der Waals surface area contributed by atoms with Crippen LogP contribution < -0.4 is 4.65 Å². The van der Waals surface area contributed by atoms with Crippen LogP contribution >= 0.6 is 34.8 Å². The van der Waals surface area contributed by atoms with Crippen molar-refractivity contribution in [2.24, 2.45) is 0 Å². The SMILES string of the molecule is Clc1nc(-c2ccccc2)nc(-c2ccc3c(c2)c2ccccc2n3-c2ccccc2)n1.Clc1nc(Cl)nc(-c2ccccc2)n1.O[B]Oc1ccc2c(c1)c1ccccc1n2-c1ccccc1. The molecule has 0 aliphatic rings. The molecule has 0 saturated carbocycles. The summed E-state index contributed by atoms with van der Waals surface area (Å²) in [6, 6.07) is 68.8. The lowest BCUT2D eigenvalue weighted by atomic mass is 10.1. The van der Waals surface area contributed by atoms with E-state index in [4.69, 9.17) is 49.5 Å². The van der Waals surface area contributed by atoms with Gasteiger partial charge in [-0.3, -0.25) is 0 Å². The molecule has 0 unspecified atom stereocenters. The van der Waals surface area contributed by atoms with E-state index >= 15 is 0 Å². The molecule has 0 aliphatic heterocycles. The van der Waals surface area contributed by atoms with Gasteiger partial charge in [0.1, 0.15) is 5.75 Å². The van der Waals surface area contributed by atoms with Gasteiger partial charge in [0.05, 0.1) is 22.1 Å². The molecule has 327 valence electrons. The van der Waals surface area contributed by atoms with Gasteiger partial charge in [-0.05, 0) is 108 Å². The molecule has 10 nitrogen and oxygen atoms in total. The molecule has 14 heteroatoms. The van der Waals surface area contributed by atoms with E-state index in [2.05, 4.69) is 119 Å². The first kappa shape index (κ1) is 43.9. The summed E-state index contributed by atoms with van der Waals surface area (Å²) in [5.41, 5.74) is 9.45. The summed E-state index contributed by atoms with van der Waals surface area (Å²) < 4.78 is 9.61. The van der Waals surface area contributed by atoms with Crippen LogP contribution in [0.15, 0.2) is 206 Å². The normalized spacial score (nSPS) is 10.9. The lowest BCUT2D eigenvalue weighted by Gasteiger charge is -2.08. The number of rotatable bonds is 7. The molecule has 4 heterocycles. The van der Waals surface area contributed by atoms with Crippen molar-refractivity contribution < 1.29 is 9.68 Å². The van der Waals surface area contributed by atoms with Gasteiger partial charge in [-0.25, -0.2) is 4.98 Å². The molecule has 0 fully saturated rings. The molecule has 12 rings (SSSR count). The Bertz CT molecular complexity index is 3680. The Balaban J connectivity index is 0.000000129. The van der Waals surface area contributed by atoms with Gasteiger partial charge >= 0.3 is 7.69 Å². The van der Waals surface area contributed by atoms with E-state index in [9.17, 15) is 0 Å². The van der Waals surface area contributed by atoms with Gasteiger partial charge in [-0.1, -0.05) is 133 Å². The van der Waals surface area contributed by atoms with Gasteiger partial charge in [0.25, 0.3) is 0 Å². The number of nitrogens with zero attached hydrogens (tertiary/aromatic N) is 8. The predicted molar refractivity (Wildman–Crippen MR) is 275 cm³/mol. The molecular weight excluding hydrogens is 910 g/mol. The maximum Gasteiger partial charge on any atom is 0.569 e. The van der Waals surface area contributed by atoms with E-state index in [0.29, 0.717) is 30.9 Å². The van der Waals surface area contributed by atoms with E-state index in [1.54, 1.807) is 0 Å². The fourth-order valence-electron chi connectivity index (χ4n) is 8.15. The van der Waals surface area contributed by atoms with Crippen LogP contribution in [0.3, 0.4) is 0 Å². The molecule has 1 radical (unpaired) electrons. The van der Waals surface area contributed by atoms with Crippen molar-refractivity contribution in [1.29, 1.82) is 0 Å². The molecule has 0 atom stereocenters. The minimum atomic E-state index is 0.101. The lowest BCUT2D eigenvalue weighted by Crippen LogP contribution is -1.99. The maximum atomic E-state index is 8.84. The molecule has 8 aromatic carbocycles. The van der Waals surface area contributed by atoms with E-state index in [-0.39, 0.29) is 15.9 Å². The van der Waals surface area contributed by atoms with Crippen LogP contribution in [-0.4, -0.2) is 51.7 Å². The minimum Gasteiger partial charge on any atom is -0.537 e. The monoisotopic (exact) mass is 943 g/mol. The second-order valence-electron chi connectivity index (χ2n) is 15.2. The van der Waals surface area contributed by atoms with Gasteiger partial charge in [0.15, 0.2) is 17.5 Å². The van der Waals surface area contributed by atoms with E-state index in [1.165, 1.54) is 5.39 Å². The number of benzene rings is 8. The fourth-order valence-corrected chi connectivity index (χ4v) is 8.67. The van der Waals surface area contributed by atoms with E-state index in [0.717, 1.165) is 66.3 Å². The third kappa shape index (κ3) is 9.24. The average Bonchev–Trinajstić information content (AvgIpc) is 3.90. The third-order valence-electron chi connectivity index (χ3n) is 11.0. The smallest absolute Gasteiger partial charge is 0.537 e. The molecule has 68 heavy (non-hydrogen) atoms. The van der Waals surface area contributed by atoms with Crippen LogP contribution in [-0.2, 0) is 0 Å². The zero-order valence-electron chi connectivity index (χ0n) is 35.8. The largest absolute Gasteiger partial charge is 0.569 e. The van der Waals surface area contributed by atoms with Gasteiger partial charge in [0, 0.05) is 49.6 Å². The Morgan fingerprint density at radius 2 is 0.735 bits per heavy atom. The molecule has 0 bridgehead atoms. The highest BCUT2D eigenvalue weighted by Gasteiger charge is 2.16. The first-order valence-electron chi connectivity index (χ1n) is 21.3. The van der Waals surface area contributed by atoms with Crippen LogP contribution in [0.5, 0.6) is 5.75 Å². The summed E-state index contributed by atoms with van der Waals surface area (Å²) in [5.74, 6) is 2.22. The lowest BCUT2D eigenvalue weighted by molar-refractivity contribution is 0.454. The second-order valence-corrected chi connectivity index (χ2v) is 16.2. The number of halogens is 3. The van der Waals surface area contributed by atoms with Crippen LogP contribution in [0.2, 0.25) is 15.9 Å². The predicted octanol–water partition coefficient (Wildman–Crippen LogP) is 13.5. The molecule has 4 aromatic heterocycles. The molecule has 0 amide bonds. The second kappa shape index (κ2) is 19.9. The third-order valence-corrected chi connectivity index (χ3v) is 11.6. The van der Waals surface area contributed by atoms with Crippen LogP contribution in [0, 0.1) is 0 Å². The Hall–Kier alpha value is -7.93. The summed E-state index contributed by atoms with van der Waals surface area (Å²) in [5, 5.41) is 13.8. The highest BCUT2D eigenvalue weighted by Crippen LogP contribution is 2.36.